The van der Waals surface area contributed by atoms with Crippen molar-refractivity contribution < 1.29 is 9.64 Å². The molecule has 2 N–H and O–H groups in total. The van der Waals surface area contributed by atoms with E-state index in [1.165, 1.54) is 4.90 Å². The van der Waals surface area contributed by atoms with Crippen molar-refractivity contribution in [3.63, 3.8) is 0 Å². The second kappa shape index (κ2) is 7.87. The van der Waals surface area contributed by atoms with Crippen LogP contribution in [0.3, 0.4) is 0 Å². The number of nitrogens with one attached hydrogen (secondary N) is 2. The fraction of sp³-hybridized carbons (Fsp3) is 0.222. The first kappa shape index (κ1) is 17.7. The van der Waals surface area contributed by atoms with Crippen molar-refractivity contribution in [1.29, 1.82) is 0 Å². The van der Waals surface area contributed by atoms with E-state index in [4.69, 9.17) is 27.9 Å². The van der Waals surface area contributed by atoms with E-state index in [9.17, 15) is 4.79 Å². The van der Waals surface area contributed by atoms with E-state index in [-0.39, 0.29) is 5.56 Å². The molecule has 1 unspecified atom stereocenters. The normalized spacial score (nSPS) is 12.3. The van der Waals surface area contributed by atoms with Gasteiger partial charge in [0.1, 0.15) is 25.4 Å². The number of quaternary nitrogens is 1. The molecule has 0 aliphatic rings. The molecule has 0 fully saturated rings. The van der Waals surface area contributed by atoms with Gasteiger partial charge in [0.05, 0.1) is 18.0 Å². The fourth-order valence-corrected chi connectivity index (χ4v) is 2.79. The molecule has 2 aromatic carbocycles. The minimum Gasteiger partial charge on any atom is -0.488 e. The highest BCUT2D eigenvalue weighted by atomic mass is 35.5. The molecule has 0 amide bonds. The Kier molecular flexibility index (Phi) is 5.58. The van der Waals surface area contributed by atoms with E-state index < -0.39 is 0 Å². The Hall–Kier alpha value is -2.08. The van der Waals surface area contributed by atoms with Crippen LogP contribution in [-0.2, 0) is 6.54 Å². The van der Waals surface area contributed by atoms with Crippen LogP contribution in [0.25, 0.3) is 10.9 Å². The van der Waals surface area contributed by atoms with Gasteiger partial charge in [0.2, 0.25) is 0 Å². The number of benzene rings is 2. The van der Waals surface area contributed by atoms with Crippen LogP contribution in [0.4, 0.5) is 0 Å². The topological polar surface area (TPSA) is 59.4 Å². The van der Waals surface area contributed by atoms with E-state index in [1.54, 1.807) is 30.3 Å². The molecular formula is C18H18Cl2N3O2+. The number of aromatic nitrogens is 2. The first-order valence-corrected chi connectivity index (χ1v) is 8.65. The minimum absolute atomic E-state index is 0.151. The Bertz CT molecular complexity index is 926. The molecule has 0 radical (unpaired) electrons. The molecule has 3 aromatic rings. The Morgan fingerprint density at radius 2 is 1.84 bits per heavy atom. The van der Waals surface area contributed by atoms with Crippen LogP contribution in [0.15, 0.2) is 47.3 Å². The van der Waals surface area contributed by atoms with Crippen LogP contribution in [0, 0.1) is 0 Å². The van der Waals surface area contributed by atoms with Gasteiger partial charge in [-0.1, -0.05) is 23.2 Å². The zero-order valence-corrected chi connectivity index (χ0v) is 15.2. The molecule has 5 nitrogen and oxygen atoms in total. The second-order valence-corrected chi connectivity index (χ2v) is 6.73. The van der Waals surface area contributed by atoms with E-state index >= 15 is 0 Å². The zero-order chi connectivity index (χ0) is 17.8. The second-order valence-electron chi connectivity index (χ2n) is 5.86. The summed E-state index contributed by atoms with van der Waals surface area (Å²) in [6.45, 7) is 1.90. The van der Waals surface area contributed by atoms with Crippen LogP contribution < -0.4 is 15.2 Å². The predicted octanol–water partition coefficient (Wildman–Crippen LogP) is 2.32. The van der Waals surface area contributed by atoms with Crippen molar-refractivity contribution in [3.05, 3.63) is 68.7 Å². The third-order valence-electron chi connectivity index (χ3n) is 3.80. The Balaban J connectivity index is 1.60. The zero-order valence-electron chi connectivity index (χ0n) is 13.7. The largest absolute Gasteiger partial charge is 0.488 e. The van der Waals surface area contributed by atoms with Gasteiger partial charge in [0, 0.05) is 10.0 Å². The SMILES string of the molecule is C[NH+](CCOc1ccc(Cl)cc1)Cc1nc2cc(Cl)ccc2c(=O)[nH]1. The molecule has 0 bridgehead atoms. The Morgan fingerprint density at radius 1 is 1.12 bits per heavy atom. The van der Waals surface area contributed by atoms with Crippen LogP contribution in [-0.4, -0.2) is 30.2 Å². The first-order chi connectivity index (χ1) is 12.0. The molecular weight excluding hydrogens is 361 g/mol. The summed E-state index contributed by atoms with van der Waals surface area (Å²) in [5.74, 6) is 1.41. The quantitative estimate of drug-likeness (QED) is 0.691. The maximum absolute atomic E-state index is 12.1. The molecule has 0 saturated heterocycles. The van der Waals surface area contributed by atoms with E-state index in [1.807, 2.05) is 19.2 Å². The molecule has 1 heterocycles. The minimum atomic E-state index is -0.151. The van der Waals surface area contributed by atoms with Crippen molar-refractivity contribution in [2.24, 2.45) is 0 Å². The lowest BCUT2D eigenvalue weighted by Gasteiger charge is -2.14. The Morgan fingerprint density at radius 3 is 2.60 bits per heavy atom. The van der Waals surface area contributed by atoms with E-state index in [0.717, 1.165) is 12.3 Å². The van der Waals surface area contributed by atoms with Crippen molar-refractivity contribution in [3.8, 4) is 5.75 Å². The monoisotopic (exact) mass is 378 g/mol. The summed E-state index contributed by atoms with van der Waals surface area (Å²) in [5, 5.41) is 1.78. The lowest BCUT2D eigenvalue weighted by atomic mass is 10.2. The van der Waals surface area contributed by atoms with Crippen molar-refractivity contribution in [1.82, 2.24) is 9.97 Å². The molecule has 0 aliphatic heterocycles. The summed E-state index contributed by atoms with van der Waals surface area (Å²) >= 11 is 11.8. The number of hydrogen-bond acceptors (Lipinski definition) is 3. The first-order valence-electron chi connectivity index (χ1n) is 7.89. The number of hydrogen-bond donors (Lipinski definition) is 2. The van der Waals surface area contributed by atoms with Crippen LogP contribution in [0.2, 0.25) is 10.0 Å². The lowest BCUT2D eigenvalue weighted by Crippen LogP contribution is -3.08. The highest BCUT2D eigenvalue weighted by Crippen LogP contribution is 2.15. The standard InChI is InChI=1S/C18H17Cl2N3O2/c1-23(8-9-25-14-5-2-12(19)3-6-14)11-17-21-16-10-13(20)4-7-15(16)18(24)22-17/h2-7,10H,8-9,11H2,1H3,(H,21,22,24)/p+1. The molecule has 130 valence electrons. The average Bonchev–Trinajstić information content (AvgIpc) is 2.56. The van der Waals surface area contributed by atoms with Gasteiger partial charge in [0.25, 0.3) is 5.56 Å². The molecule has 3 rings (SSSR count). The van der Waals surface area contributed by atoms with Crippen molar-refractivity contribution in [2.45, 2.75) is 6.54 Å². The third kappa shape index (κ3) is 4.72. The van der Waals surface area contributed by atoms with E-state index in [0.29, 0.717) is 39.9 Å². The summed E-state index contributed by atoms with van der Waals surface area (Å²) in [6.07, 6.45) is 0. The summed E-state index contributed by atoms with van der Waals surface area (Å²) in [6, 6.07) is 12.3. The molecule has 25 heavy (non-hydrogen) atoms. The van der Waals surface area contributed by atoms with Crippen LogP contribution in [0.1, 0.15) is 5.82 Å². The molecule has 0 spiro atoms. The number of likely N-dealkylation sites (N-methyl/N-ethyl adjacent to an activating group) is 1. The van der Waals surface area contributed by atoms with Gasteiger partial charge in [-0.25, -0.2) is 4.98 Å². The highest BCUT2D eigenvalue weighted by molar-refractivity contribution is 6.31. The maximum atomic E-state index is 12.1. The van der Waals surface area contributed by atoms with Gasteiger partial charge in [-0.05, 0) is 42.5 Å². The van der Waals surface area contributed by atoms with E-state index in [2.05, 4.69) is 9.97 Å². The summed E-state index contributed by atoms with van der Waals surface area (Å²) in [4.78, 5) is 20.6. The number of rotatable bonds is 6. The number of halogens is 2. The number of ether oxygens (including phenoxy) is 1. The number of H-pyrrole nitrogens is 1. The molecule has 1 aromatic heterocycles. The lowest BCUT2D eigenvalue weighted by molar-refractivity contribution is -0.894. The number of fused-ring (bicyclic) bond motifs is 1. The molecule has 0 aliphatic carbocycles. The van der Waals surface area contributed by atoms with Gasteiger partial charge in [-0.2, -0.15) is 0 Å². The third-order valence-corrected chi connectivity index (χ3v) is 4.29. The van der Waals surface area contributed by atoms with Gasteiger partial charge in [-0.3, -0.25) is 4.79 Å². The van der Waals surface area contributed by atoms with Gasteiger partial charge in [-0.15, -0.1) is 0 Å². The Labute approximate surface area is 155 Å². The maximum Gasteiger partial charge on any atom is 0.258 e. The molecule has 0 saturated carbocycles. The summed E-state index contributed by atoms with van der Waals surface area (Å²) in [5.41, 5.74) is 0.457. The smallest absolute Gasteiger partial charge is 0.258 e. The average molecular weight is 379 g/mol. The molecule has 7 heteroatoms. The van der Waals surface area contributed by atoms with Crippen LogP contribution in [0.5, 0.6) is 5.75 Å². The highest BCUT2D eigenvalue weighted by Gasteiger charge is 2.09. The van der Waals surface area contributed by atoms with Gasteiger partial charge >= 0.3 is 0 Å². The summed E-state index contributed by atoms with van der Waals surface area (Å²) in [7, 11) is 2.02. The number of aromatic amines is 1. The van der Waals surface area contributed by atoms with Crippen LogP contribution >= 0.6 is 23.2 Å². The predicted molar refractivity (Wildman–Crippen MR) is 99.8 cm³/mol. The number of nitrogens with zero attached hydrogens (tertiary/aromatic N) is 1. The van der Waals surface area contributed by atoms with Crippen molar-refractivity contribution >= 4 is 34.1 Å². The van der Waals surface area contributed by atoms with Gasteiger partial charge < -0.3 is 14.6 Å². The fourth-order valence-electron chi connectivity index (χ4n) is 2.49. The van der Waals surface area contributed by atoms with Gasteiger partial charge in [0.15, 0.2) is 5.82 Å². The molecule has 1 atom stereocenters. The van der Waals surface area contributed by atoms with Crippen molar-refractivity contribution in [2.75, 3.05) is 20.2 Å². The summed E-state index contributed by atoms with van der Waals surface area (Å²) < 4.78 is 5.69.